The lowest BCUT2D eigenvalue weighted by Crippen LogP contribution is -2.40. The molecule has 0 aliphatic carbocycles. The molecule has 14 heavy (non-hydrogen) atoms. The molecule has 0 aromatic rings. The predicted molar refractivity (Wildman–Crippen MR) is 48.4 cm³/mol. The Morgan fingerprint density at radius 1 is 1.43 bits per heavy atom. The minimum absolute atomic E-state index is 0.177. The molecule has 1 amide bonds. The number of carbonyl (C=O) groups excluding carboxylic acids is 1. The third-order valence-electron chi connectivity index (χ3n) is 0.988. The molecule has 8 heteroatoms. The molecule has 0 rings (SSSR count). The molecule has 0 heterocycles. The van der Waals surface area contributed by atoms with Gasteiger partial charge in [0.25, 0.3) is 0 Å². The fraction of sp³-hybridized carbons (Fsp3) is 0.833. The topological polar surface area (TPSA) is 93.7 Å². The minimum atomic E-state index is -3.99. The molecular weight excluding hydrogens is 212 g/mol. The van der Waals surface area contributed by atoms with Crippen molar-refractivity contribution >= 4 is 16.3 Å². The SMILES string of the molecule is COC(=O)NS(=O)(=O)NOCC(C)C. The van der Waals surface area contributed by atoms with Crippen LogP contribution in [0.15, 0.2) is 0 Å². The maximum absolute atomic E-state index is 10.9. The number of hydrogen-bond donors (Lipinski definition) is 2. The summed E-state index contributed by atoms with van der Waals surface area (Å²) in [5, 5.41) is 0. The summed E-state index contributed by atoms with van der Waals surface area (Å²) in [6, 6.07) is 0. The fourth-order valence-corrected chi connectivity index (χ4v) is 1.02. The number of rotatable bonds is 5. The van der Waals surface area contributed by atoms with E-state index in [-0.39, 0.29) is 12.5 Å². The van der Waals surface area contributed by atoms with Crippen molar-refractivity contribution in [3.05, 3.63) is 0 Å². The van der Waals surface area contributed by atoms with Gasteiger partial charge < -0.3 is 4.74 Å². The molecule has 0 saturated carbocycles. The van der Waals surface area contributed by atoms with E-state index in [9.17, 15) is 13.2 Å². The lowest BCUT2D eigenvalue weighted by atomic mass is 10.2. The maximum atomic E-state index is 10.9. The molecule has 0 aromatic heterocycles. The maximum Gasteiger partial charge on any atom is 0.421 e. The standard InChI is InChI=1S/C6H14N2O5S/c1-5(2)4-13-8-14(10,11)7-6(9)12-3/h5,8H,4H2,1-3H3,(H,7,9). The zero-order valence-corrected chi connectivity index (χ0v) is 9.05. The summed E-state index contributed by atoms with van der Waals surface area (Å²) in [6.07, 6.45) is -1.08. The monoisotopic (exact) mass is 226 g/mol. The van der Waals surface area contributed by atoms with Gasteiger partial charge in [-0.15, -0.1) is 0 Å². The Balaban J connectivity index is 3.91. The van der Waals surface area contributed by atoms with Crippen LogP contribution in [0.2, 0.25) is 0 Å². The van der Waals surface area contributed by atoms with E-state index in [0.29, 0.717) is 0 Å². The predicted octanol–water partition coefficient (Wildman–Crippen LogP) is -0.236. The molecule has 0 unspecified atom stereocenters. The Morgan fingerprint density at radius 2 is 2.00 bits per heavy atom. The average Bonchev–Trinajstić information content (AvgIpc) is 2.02. The van der Waals surface area contributed by atoms with Crippen LogP contribution in [0, 0.1) is 5.92 Å². The van der Waals surface area contributed by atoms with Crippen LogP contribution in [0.1, 0.15) is 13.8 Å². The fourth-order valence-electron chi connectivity index (χ4n) is 0.450. The van der Waals surface area contributed by atoms with Crippen molar-refractivity contribution in [1.29, 1.82) is 0 Å². The highest BCUT2D eigenvalue weighted by molar-refractivity contribution is 7.87. The Morgan fingerprint density at radius 3 is 2.43 bits per heavy atom. The molecular formula is C6H14N2O5S. The van der Waals surface area contributed by atoms with Crippen LogP contribution in [0.3, 0.4) is 0 Å². The van der Waals surface area contributed by atoms with Crippen LogP contribution in [-0.4, -0.2) is 28.2 Å². The summed E-state index contributed by atoms with van der Waals surface area (Å²) in [5.41, 5.74) is 0. The number of ether oxygens (including phenoxy) is 1. The molecule has 0 atom stereocenters. The van der Waals surface area contributed by atoms with Crippen molar-refractivity contribution in [3.8, 4) is 0 Å². The van der Waals surface area contributed by atoms with Crippen LogP contribution < -0.4 is 9.61 Å². The van der Waals surface area contributed by atoms with Gasteiger partial charge in [0.05, 0.1) is 13.7 Å². The summed E-state index contributed by atoms with van der Waals surface area (Å²) in [7, 11) is -2.93. The first kappa shape index (κ1) is 13.1. The molecule has 84 valence electrons. The van der Waals surface area contributed by atoms with Crippen LogP contribution in [-0.2, 0) is 19.8 Å². The van der Waals surface area contributed by atoms with Gasteiger partial charge in [-0.1, -0.05) is 18.7 Å². The Labute approximate surface area is 82.9 Å². The molecule has 2 N–H and O–H groups in total. The lowest BCUT2D eigenvalue weighted by molar-refractivity contribution is 0.0708. The first-order valence-electron chi connectivity index (χ1n) is 3.86. The van der Waals surface area contributed by atoms with Gasteiger partial charge in [-0.2, -0.15) is 8.42 Å². The van der Waals surface area contributed by atoms with Gasteiger partial charge in [0.1, 0.15) is 0 Å². The van der Waals surface area contributed by atoms with E-state index in [1.54, 1.807) is 9.61 Å². The second-order valence-electron chi connectivity index (χ2n) is 2.89. The minimum Gasteiger partial charge on any atom is -0.452 e. The Kier molecular flexibility index (Phi) is 5.43. The smallest absolute Gasteiger partial charge is 0.421 e. The second kappa shape index (κ2) is 5.78. The summed E-state index contributed by atoms with van der Waals surface area (Å²) >= 11 is 0. The van der Waals surface area contributed by atoms with Crippen LogP contribution >= 0.6 is 0 Å². The zero-order chi connectivity index (χ0) is 11.2. The Bertz CT molecular complexity index is 274. The second-order valence-corrected chi connectivity index (χ2v) is 4.26. The van der Waals surface area contributed by atoms with Crippen molar-refractivity contribution < 1.29 is 22.8 Å². The lowest BCUT2D eigenvalue weighted by Gasteiger charge is -2.08. The summed E-state index contributed by atoms with van der Waals surface area (Å²) in [6.45, 7) is 3.91. The molecule has 0 saturated heterocycles. The van der Waals surface area contributed by atoms with E-state index < -0.39 is 16.3 Å². The highest BCUT2D eigenvalue weighted by Gasteiger charge is 2.14. The Hall–Kier alpha value is -0.860. The first-order valence-corrected chi connectivity index (χ1v) is 5.35. The van der Waals surface area contributed by atoms with Gasteiger partial charge in [-0.25, -0.2) is 9.52 Å². The third-order valence-corrected chi connectivity index (χ3v) is 1.76. The molecule has 0 radical (unpaired) electrons. The molecule has 0 bridgehead atoms. The van der Waals surface area contributed by atoms with E-state index in [4.69, 9.17) is 0 Å². The van der Waals surface area contributed by atoms with E-state index in [1.807, 2.05) is 13.8 Å². The van der Waals surface area contributed by atoms with Crippen LogP contribution in [0.25, 0.3) is 0 Å². The zero-order valence-electron chi connectivity index (χ0n) is 8.23. The largest absolute Gasteiger partial charge is 0.452 e. The molecule has 7 nitrogen and oxygen atoms in total. The molecule has 0 aliphatic heterocycles. The summed E-state index contributed by atoms with van der Waals surface area (Å²) < 4.78 is 27.5. The van der Waals surface area contributed by atoms with Gasteiger partial charge in [-0.3, -0.25) is 4.84 Å². The van der Waals surface area contributed by atoms with Crippen molar-refractivity contribution in [3.63, 3.8) is 0 Å². The van der Waals surface area contributed by atoms with E-state index >= 15 is 0 Å². The van der Waals surface area contributed by atoms with Crippen LogP contribution in [0.4, 0.5) is 4.79 Å². The van der Waals surface area contributed by atoms with Crippen molar-refractivity contribution in [1.82, 2.24) is 9.61 Å². The molecule has 0 spiro atoms. The summed E-state index contributed by atoms with van der Waals surface area (Å²) in [4.78, 5) is 16.8. The van der Waals surface area contributed by atoms with E-state index in [2.05, 4.69) is 9.57 Å². The first-order chi connectivity index (χ1) is 6.37. The van der Waals surface area contributed by atoms with Gasteiger partial charge >= 0.3 is 16.3 Å². The highest BCUT2D eigenvalue weighted by Crippen LogP contribution is 1.90. The van der Waals surface area contributed by atoms with Gasteiger partial charge in [0, 0.05) is 0 Å². The number of amides is 1. The quantitative estimate of drug-likeness (QED) is 0.631. The highest BCUT2D eigenvalue weighted by atomic mass is 32.2. The van der Waals surface area contributed by atoms with Gasteiger partial charge in [-0.05, 0) is 5.92 Å². The molecule has 0 aromatic carbocycles. The van der Waals surface area contributed by atoms with Crippen molar-refractivity contribution in [2.45, 2.75) is 13.8 Å². The average molecular weight is 226 g/mol. The van der Waals surface area contributed by atoms with E-state index in [1.165, 1.54) is 0 Å². The van der Waals surface area contributed by atoms with Gasteiger partial charge in [0.2, 0.25) is 0 Å². The number of carbonyl (C=O) groups is 1. The van der Waals surface area contributed by atoms with Crippen molar-refractivity contribution in [2.75, 3.05) is 13.7 Å². The number of nitrogens with one attached hydrogen (secondary N) is 2. The van der Waals surface area contributed by atoms with Crippen LogP contribution in [0.5, 0.6) is 0 Å². The molecule has 0 fully saturated rings. The normalized spacial score (nSPS) is 11.4. The summed E-state index contributed by atoms with van der Waals surface area (Å²) in [5.74, 6) is 0.177. The number of hydrogen-bond acceptors (Lipinski definition) is 5. The third kappa shape index (κ3) is 6.63. The van der Waals surface area contributed by atoms with E-state index in [0.717, 1.165) is 7.11 Å². The van der Waals surface area contributed by atoms with Gasteiger partial charge in [0.15, 0.2) is 0 Å². The van der Waals surface area contributed by atoms with Crippen molar-refractivity contribution in [2.24, 2.45) is 5.92 Å². The number of methoxy groups -OCH3 is 1. The molecule has 0 aliphatic rings.